The summed E-state index contributed by atoms with van der Waals surface area (Å²) in [5.74, 6) is 1.75. The Kier molecular flexibility index (Phi) is 7.27. The van der Waals surface area contributed by atoms with Crippen molar-refractivity contribution in [1.82, 2.24) is 4.90 Å². The minimum Gasteiger partial charge on any atom is -0.462 e. The summed E-state index contributed by atoms with van der Waals surface area (Å²) in [5, 5.41) is 0. The highest BCUT2D eigenvalue weighted by atomic mass is 16.6. The SMILES string of the molecule is C#CCN(CC(=O)OC(C)C)C(=O)OCC=C. The number of ether oxygens (including phenoxy) is 2. The molecule has 0 aromatic rings. The molecule has 0 radical (unpaired) electrons. The molecule has 0 aromatic heterocycles. The molecule has 0 aliphatic rings. The van der Waals surface area contributed by atoms with Crippen LogP contribution >= 0.6 is 0 Å². The third-order valence-electron chi connectivity index (χ3n) is 1.55. The molecule has 0 aliphatic carbocycles. The van der Waals surface area contributed by atoms with Gasteiger partial charge in [-0.05, 0) is 13.8 Å². The van der Waals surface area contributed by atoms with Crippen LogP contribution in [0.15, 0.2) is 12.7 Å². The van der Waals surface area contributed by atoms with E-state index >= 15 is 0 Å². The van der Waals surface area contributed by atoms with Crippen LogP contribution in [0.4, 0.5) is 4.79 Å². The summed E-state index contributed by atoms with van der Waals surface area (Å²) in [5.41, 5.74) is 0. The van der Waals surface area contributed by atoms with Crippen molar-refractivity contribution >= 4 is 12.1 Å². The Labute approximate surface area is 101 Å². The number of amides is 1. The quantitative estimate of drug-likeness (QED) is 0.397. The van der Waals surface area contributed by atoms with Gasteiger partial charge in [-0.3, -0.25) is 9.69 Å². The fraction of sp³-hybridized carbons (Fsp3) is 0.500. The third kappa shape index (κ3) is 7.01. The summed E-state index contributed by atoms with van der Waals surface area (Å²) >= 11 is 0. The lowest BCUT2D eigenvalue weighted by atomic mass is 10.4. The number of carbonyl (C=O) groups excluding carboxylic acids is 2. The number of carbonyl (C=O) groups is 2. The van der Waals surface area contributed by atoms with E-state index < -0.39 is 12.1 Å². The predicted octanol–water partition coefficient (Wildman–Crippen LogP) is 1.20. The van der Waals surface area contributed by atoms with Crippen LogP contribution in [-0.4, -0.2) is 42.8 Å². The first-order chi connectivity index (χ1) is 8.01. The van der Waals surface area contributed by atoms with E-state index in [2.05, 4.69) is 12.5 Å². The minimum absolute atomic E-state index is 0.0107. The molecule has 1 amide bonds. The number of rotatable bonds is 6. The molecular formula is C12H17NO4. The predicted molar refractivity (Wildman–Crippen MR) is 63.2 cm³/mol. The molecule has 94 valence electrons. The van der Waals surface area contributed by atoms with Gasteiger partial charge in [0.25, 0.3) is 0 Å². The second-order valence-corrected chi connectivity index (χ2v) is 3.46. The van der Waals surface area contributed by atoms with E-state index in [4.69, 9.17) is 15.9 Å². The fourth-order valence-electron chi connectivity index (χ4n) is 0.973. The lowest BCUT2D eigenvalue weighted by Crippen LogP contribution is -2.37. The monoisotopic (exact) mass is 239 g/mol. The van der Waals surface area contributed by atoms with E-state index in [1.807, 2.05) is 0 Å². The largest absolute Gasteiger partial charge is 0.462 e. The van der Waals surface area contributed by atoms with Crippen LogP contribution in [0.5, 0.6) is 0 Å². The zero-order chi connectivity index (χ0) is 13.3. The smallest absolute Gasteiger partial charge is 0.411 e. The zero-order valence-electron chi connectivity index (χ0n) is 10.1. The number of nitrogens with zero attached hydrogens (tertiary/aromatic N) is 1. The van der Waals surface area contributed by atoms with Crippen LogP contribution < -0.4 is 0 Å². The van der Waals surface area contributed by atoms with Gasteiger partial charge in [0, 0.05) is 0 Å². The maximum absolute atomic E-state index is 11.5. The van der Waals surface area contributed by atoms with Crippen molar-refractivity contribution in [1.29, 1.82) is 0 Å². The Morgan fingerprint density at radius 2 is 2.18 bits per heavy atom. The summed E-state index contributed by atoms with van der Waals surface area (Å²) in [6.45, 7) is 6.69. The van der Waals surface area contributed by atoms with Gasteiger partial charge >= 0.3 is 12.1 Å². The lowest BCUT2D eigenvalue weighted by molar-refractivity contribution is -0.148. The van der Waals surface area contributed by atoms with Crippen LogP contribution in [0, 0.1) is 12.3 Å². The van der Waals surface area contributed by atoms with Crippen LogP contribution in [0.1, 0.15) is 13.8 Å². The van der Waals surface area contributed by atoms with Gasteiger partial charge < -0.3 is 9.47 Å². The van der Waals surface area contributed by atoms with Crippen molar-refractivity contribution in [3.8, 4) is 12.3 Å². The van der Waals surface area contributed by atoms with Gasteiger partial charge in [0.15, 0.2) is 0 Å². The van der Waals surface area contributed by atoms with E-state index in [0.29, 0.717) is 0 Å². The first kappa shape index (κ1) is 15.0. The van der Waals surface area contributed by atoms with Crippen LogP contribution in [0.2, 0.25) is 0 Å². The van der Waals surface area contributed by atoms with E-state index in [-0.39, 0.29) is 25.8 Å². The lowest BCUT2D eigenvalue weighted by Gasteiger charge is -2.19. The molecule has 0 N–H and O–H groups in total. The van der Waals surface area contributed by atoms with Crippen LogP contribution in [0.3, 0.4) is 0 Å². The maximum atomic E-state index is 11.5. The van der Waals surface area contributed by atoms with Crippen molar-refractivity contribution in [2.24, 2.45) is 0 Å². The number of hydrogen-bond acceptors (Lipinski definition) is 4. The zero-order valence-corrected chi connectivity index (χ0v) is 10.1. The summed E-state index contributed by atoms with van der Waals surface area (Å²) in [6.07, 6.45) is 5.63. The summed E-state index contributed by atoms with van der Waals surface area (Å²) < 4.78 is 9.68. The Morgan fingerprint density at radius 3 is 2.65 bits per heavy atom. The molecule has 5 heteroatoms. The van der Waals surface area contributed by atoms with Crippen LogP contribution in [-0.2, 0) is 14.3 Å². The van der Waals surface area contributed by atoms with E-state index in [1.165, 1.54) is 6.08 Å². The minimum atomic E-state index is -0.663. The third-order valence-corrected chi connectivity index (χ3v) is 1.55. The van der Waals surface area contributed by atoms with Gasteiger partial charge in [-0.1, -0.05) is 18.6 Å². The Hall–Kier alpha value is -1.96. The van der Waals surface area contributed by atoms with E-state index in [1.54, 1.807) is 13.8 Å². The van der Waals surface area contributed by atoms with Gasteiger partial charge in [-0.2, -0.15) is 0 Å². The molecular weight excluding hydrogens is 222 g/mol. The van der Waals surface area contributed by atoms with Crippen molar-refractivity contribution in [3.05, 3.63) is 12.7 Å². The van der Waals surface area contributed by atoms with Gasteiger partial charge in [0.2, 0.25) is 0 Å². The molecule has 0 bridgehead atoms. The molecule has 0 rings (SSSR count). The highest BCUT2D eigenvalue weighted by Gasteiger charge is 2.18. The second-order valence-electron chi connectivity index (χ2n) is 3.46. The average molecular weight is 239 g/mol. The number of esters is 1. The Balaban J connectivity index is 4.32. The maximum Gasteiger partial charge on any atom is 0.411 e. The summed E-state index contributed by atoms with van der Waals surface area (Å²) in [7, 11) is 0. The average Bonchev–Trinajstić information content (AvgIpc) is 2.24. The molecule has 0 atom stereocenters. The highest BCUT2D eigenvalue weighted by Crippen LogP contribution is 1.97. The number of hydrogen-bond donors (Lipinski definition) is 0. The molecule has 0 saturated heterocycles. The van der Waals surface area contributed by atoms with Gasteiger partial charge in [-0.25, -0.2) is 4.79 Å². The molecule has 0 spiro atoms. The van der Waals surface area contributed by atoms with Gasteiger partial charge in [0.1, 0.15) is 13.2 Å². The molecule has 0 heterocycles. The summed E-state index contributed by atoms with van der Waals surface area (Å²) in [4.78, 5) is 23.9. The molecule has 0 aliphatic heterocycles. The van der Waals surface area contributed by atoms with Gasteiger partial charge in [-0.15, -0.1) is 6.42 Å². The second kappa shape index (κ2) is 8.22. The van der Waals surface area contributed by atoms with Crippen molar-refractivity contribution in [2.75, 3.05) is 19.7 Å². The molecule has 0 saturated carbocycles. The first-order valence-corrected chi connectivity index (χ1v) is 5.16. The van der Waals surface area contributed by atoms with E-state index in [9.17, 15) is 9.59 Å². The molecule has 0 fully saturated rings. The van der Waals surface area contributed by atoms with Crippen molar-refractivity contribution in [2.45, 2.75) is 20.0 Å². The Bertz CT molecular complexity index is 317. The van der Waals surface area contributed by atoms with Crippen LogP contribution in [0.25, 0.3) is 0 Å². The fourth-order valence-corrected chi connectivity index (χ4v) is 0.973. The molecule has 0 unspecified atom stereocenters. The normalized spacial score (nSPS) is 9.29. The number of terminal acetylenes is 1. The van der Waals surface area contributed by atoms with E-state index in [0.717, 1.165) is 4.90 Å². The first-order valence-electron chi connectivity index (χ1n) is 5.16. The van der Waals surface area contributed by atoms with Crippen molar-refractivity contribution < 1.29 is 19.1 Å². The summed E-state index contributed by atoms with van der Waals surface area (Å²) in [6, 6.07) is 0. The molecule has 5 nitrogen and oxygen atoms in total. The Morgan fingerprint density at radius 1 is 1.53 bits per heavy atom. The highest BCUT2D eigenvalue weighted by molar-refractivity contribution is 5.78. The molecule has 17 heavy (non-hydrogen) atoms. The standard InChI is InChI=1S/C12H17NO4/c1-5-7-13(12(15)16-8-6-2)9-11(14)17-10(3)4/h1,6,10H,2,7-9H2,3-4H3. The van der Waals surface area contributed by atoms with Gasteiger partial charge in [0.05, 0.1) is 12.6 Å². The molecule has 0 aromatic carbocycles. The topological polar surface area (TPSA) is 55.8 Å². The van der Waals surface area contributed by atoms with Crippen molar-refractivity contribution in [3.63, 3.8) is 0 Å².